The molecule has 1 unspecified atom stereocenters. The van der Waals surface area contributed by atoms with Crippen LogP contribution in [-0.4, -0.2) is 63.8 Å². The minimum atomic E-state index is 0. The van der Waals surface area contributed by atoms with E-state index in [0.29, 0.717) is 44.6 Å². The minimum Gasteiger partial charge on any atom is -0.491 e. The third kappa shape index (κ3) is 9.07. The molecule has 1 atom stereocenters. The average Bonchev–Trinajstić information content (AvgIpc) is 2.71. The molecule has 1 saturated heterocycles. The zero-order chi connectivity index (χ0) is 21.1. The quantitative estimate of drug-likeness (QED) is 0.222. The van der Waals surface area contributed by atoms with E-state index in [1.165, 1.54) is 6.42 Å². The van der Waals surface area contributed by atoms with Gasteiger partial charge in [-0.15, -0.1) is 24.0 Å². The lowest BCUT2D eigenvalue weighted by molar-refractivity contribution is -0.132. The van der Waals surface area contributed by atoms with Gasteiger partial charge in [-0.05, 0) is 37.3 Å². The van der Waals surface area contributed by atoms with Gasteiger partial charge in [0.25, 0.3) is 0 Å². The van der Waals surface area contributed by atoms with Crippen molar-refractivity contribution in [1.82, 2.24) is 15.5 Å². The van der Waals surface area contributed by atoms with Crippen molar-refractivity contribution in [3.8, 4) is 5.75 Å². The minimum absolute atomic E-state index is 0. The predicted molar refractivity (Wildman–Crippen MR) is 132 cm³/mol. The molecule has 0 radical (unpaired) electrons. The number of rotatable bonds is 9. The summed E-state index contributed by atoms with van der Waals surface area (Å²) < 4.78 is 10.9. The molecule has 0 bridgehead atoms. The summed E-state index contributed by atoms with van der Waals surface area (Å²) in [6.07, 6.45) is 2.80. The summed E-state index contributed by atoms with van der Waals surface area (Å²) in [5, 5.41) is 6.53. The molecule has 2 rings (SSSR count). The number of piperidine rings is 1. The normalized spacial score (nSPS) is 16.6. The Bertz CT molecular complexity index is 684. The zero-order valence-electron chi connectivity index (χ0n) is 18.7. The van der Waals surface area contributed by atoms with E-state index in [1.807, 2.05) is 17.9 Å². The third-order valence-electron chi connectivity index (χ3n) is 5.08. The van der Waals surface area contributed by atoms with E-state index < -0.39 is 0 Å². The number of hydrogen-bond acceptors (Lipinski definition) is 4. The second kappa shape index (κ2) is 14.5. The van der Waals surface area contributed by atoms with Crippen LogP contribution in [0.15, 0.2) is 23.2 Å². The highest BCUT2D eigenvalue weighted by atomic mass is 127. The largest absolute Gasteiger partial charge is 0.491 e. The Morgan fingerprint density at radius 3 is 2.80 bits per heavy atom. The lowest BCUT2D eigenvalue weighted by Crippen LogP contribution is -2.42. The van der Waals surface area contributed by atoms with E-state index in [-0.39, 0.29) is 29.9 Å². The number of guanidine groups is 1. The van der Waals surface area contributed by atoms with E-state index in [2.05, 4.69) is 34.7 Å². The van der Waals surface area contributed by atoms with Crippen LogP contribution in [0, 0.1) is 12.8 Å². The van der Waals surface area contributed by atoms with E-state index in [1.54, 1.807) is 14.2 Å². The number of nitrogens with zero attached hydrogens (tertiary/aromatic N) is 2. The van der Waals surface area contributed by atoms with Crippen molar-refractivity contribution >= 4 is 35.8 Å². The van der Waals surface area contributed by atoms with E-state index in [4.69, 9.17) is 9.47 Å². The van der Waals surface area contributed by atoms with Gasteiger partial charge in [-0.3, -0.25) is 9.79 Å². The summed E-state index contributed by atoms with van der Waals surface area (Å²) >= 11 is 0. The lowest BCUT2D eigenvalue weighted by atomic mass is 10.00. The van der Waals surface area contributed by atoms with Gasteiger partial charge in [-0.2, -0.15) is 0 Å². The molecule has 1 heterocycles. The first-order valence-electron chi connectivity index (χ1n) is 10.5. The molecule has 170 valence electrons. The summed E-state index contributed by atoms with van der Waals surface area (Å²) in [6.45, 7) is 8.22. The van der Waals surface area contributed by atoms with Crippen LogP contribution in [0.3, 0.4) is 0 Å². The fraction of sp³-hybridized carbons (Fsp3) is 0.636. The Hall–Kier alpha value is -1.55. The van der Waals surface area contributed by atoms with E-state index >= 15 is 0 Å². The van der Waals surface area contributed by atoms with Gasteiger partial charge < -0.3 is 25.0 Å². The molecule has 1 aliphatic heterocycles. The molecule has 1 aliphatic rings. The number of benzene rings is 1. The number of likely N-dealkylation sites (tertiary alicyclic amines) is 1. The number of hydrogen-bond donors (Lipinski definition) is 2. The van der Waals surface area contributed by atoms with Crippen molar-refractivity contribution in [3.05, 3.63) is 29.3 Å². The zero-order valence-corrected chi connectivity index (χ0v) is 21.0. The molecule has 1 fully saturated rings. The van der Waals surface area contributed by atoms with Crippen molar-refractivity contribution in [3.63, 3.8) is 0 Å². The number of methoxy groups -OCH3 is 1. The first-order valence-corrected chi connectivity index (χ1v) is 10.5. The van der Waals surface area contributed by atoms with Gasteiger partial charge >= 0.3 is 0 Å². The molecule has 1 aromatic rings. The number of carbonyl (C=O) groups is 1. The number of amides is 1. The van der Waals surface area contributed by atoms with Crippen LogP contribution >= 0.6 is 24.0 Å². The fourth-order valence-electron chi connectivity index (χ4n) is 3.44. The SMILES string of the molecule is CN=C(NCCC(=O)N1CCCC(C)C1)NCc1ccc(C)cc1OCCOC.I. The highest BCUT2D eigenvalue weighted by molar-refractivity contribution is 14.0. The molecule has 0 saturated carbocycles. The topological polar surface area (TPSA) is 75.2 Å². The molecule has 7 nitrogen and oxygen atoms in total. The maximum absolute atomic E-state index is 12.4. The number of carbonyl (C=O) groups excluding carboxylic acids is 1. The van der Waals surface area contributed by atoms with Crippen molar-refractivity contribution < 1.29 is 14.3 Å². The van der Waals surface area contributed by atoms with Gasteiger partial charge in [-0.25, -0.2) is 0 Å². The number of aliphatic imine (C=N–C) groups is 1. The van der Waals surface area contributed by atoms with Crippen LogP contribution in [0.25, 0.3) is 0 Å². The van der Waals surface area contributed by atoms with Gasteiger partial charge in [0, 0.05) is 52.3 Å². The van der Waals surface area contributed by atoms with Crippen LogP contribution in [0.4, 0.5) is 0 Å². The molecular weight excluding hydrogens is 495 g/mol. The first kappa shape index (κ1) is 26.5. The van der Waals surface area contributed by atoms with Crippen LogP contribution in [0.1, 0.15) is 37.3 Å². The van der Waals surface area contributed by atoms with Gasteiger partial charge in [0.2, 0.25) is 5.91 Å². The molecule has 1 aromatic carbocycles. The summed E-state index contributed by atoms with van der Waals surface area (Å²) in [7, 11) is 3.39. The van der Waals surface area contributed by atoms with Gasteiger partial charge in [0.15, 0.2) is 5.96 Å². The fourth-order valence-corrected chi connectivity index (χ4v) is 3.44. The summed E-state index contributed by atoms with van der Waals surface area (Å²) in [6, 6.07) is 6.15. The second-order valence-electron chi connectivity index (χ2n) is 7.64. The highest BCUT2D eigenvalue weighted by Crippen LogP contribution is 2.20. The van der Waals surface area contributed by atoms with Gasteiger partial charge in [0.05, 0.1) is 6.61 Å². The number of halogens is 1. The molecule has 1 amide bonds. The summed E-state index contributed by atoms with van der Waals surface area (Å²) in [5.41, 5.74) is 2.20. The molecule has 0 spiro atoms. The van der Waals surface area contributed by atoms with Gasteiger partial charge in [0.1, 0.15) is 12.4 Å². The third-order valence-corrected chi connectivity index (χ3v) is 5.08. The Morgan fingerprint density at radius 1 is 1.30 bits per heavy atom. The van der Waals surface area contributed by atoms with Crippen LogP contribution in [0.2, 0.25) is 0 Å². The maximum Gasteiger partial charge on any atom is 0.224 e. The summed E-state index contributed by atoms with van der Waals surface area (Å²) in [5.74, 6) is 2.34. The molecule has 0 aliphatic carbocycles. The molecule has 0 aromatic heterocycles. The van der Waals surface area contributed by atoms with Crippen molar-refractivity contribution in [1.29, 1.82) is 0 Å². The Balaban J connectivity index is 0.00000450. The average molecular weight is 532 g/mol. The van der Waals surface area contributed by atoms with Crippen molar-refractivity contribution in [2.24, 2.45) is 10.9 Å². The Labute approximate surface area is 198 Å². The first-order chi connectivity index (χ1) is 14.0. The van der Waals surface area contributed by atoms with Crippen LogP contribution in [0.5, 0.6) is 5.75 Å². The predicted octanol–water partition coefficient (Wildman–Crippen LogP) is 2.95. The monoisotopic (exact) mass is 532 g/mol. The molecule has 8 heteroatoms. The standard InChI is InChI=1S/C22H36N4O3.HI/c1-17-7-8-19(20(14-17)29-13-12-28-4)15-25-22(23-3)24-10-9-21(27)26-11-5-6-18(2)16-26;/h7-8,14,18H,5-6,9-13,15-16H2,1-4H3,(H2,23,24,25);1H. The van der Waals surface area contributed by atoms with Crippen LogP contribution < -0.4 is 15.4 Å². The Morgan fingerprint density at radius 2 is 2.10 bits per heavy atom. The molecular formula is C22H37IN4O3. The molecule has 30 heavy (non-hydrogen) atoms. The maximum atomic E-state index is 12.4. The van der Waals surface area contributed by atoms with E-state index in [9.17, 15) is 4.79 Å². The van der Waals surface area contributed by atoms with Crippen LogP contribution in [-0.2, 0) is 16.1 Å². The highest BCUT2D eigenvalue weighted by Gasteiger charge is 2.20. The summed E-state index contributed by atoms with van der Waals surface area (Å²) in [4.78, 5) is 18.6. The second-order valence-corrected chi connectivity index (χ2v) is 7.64. The number of aryl methyl sites for hydroxylation is 1. The smallest absolute Gasteiger partial charge is 0.224 e. The Kier molecular flexibility index (Phi) is 12.8. The molecule has 2 N–H and O–H groups in total. The van der Waals surface area contributed by atoms with Gasteiger partial charge in [-0.1, -0.05) is 19.1 Å². The van der Waals surface area contributed by atoms with Crippen molar-refractivity contribution in [2.45, 2.75) is 39.7 Å². The lowest BCUT2D eigenvalue weighted by Gasteiger charge is -2.31. The van der Waals surface area contributed by atoms with E-state index in [0.717, 1.165) is 36.4 Å². The number of ether oxygens (including phenoxy) is 2. The van der Waals surface area contributed by atoms with Crippen molar-refractivity contribution in [2.75, 3.05) is 47.0 Å². The number of nitrogens with one attached hydrogen (secondary N) is 2.